The second-order valence-corrected chi connectivity index (χ2v) is 8.81. The van der Waals surface area contributed by atoms with Gasteiger partial charge in [-0.25, -0.2) is 0 Å². The summed E-state index contributed by atoms with van der Waals surface area (Å²) < 4.78 is 0. The van der Waals surface area contributed by atoms with Crippen molar-refractivity contribution in [2.45, 2.75) is 44.4 Å². The van der Waals surface area contributed by atoms with Crippen LogP contribution >= 0.6 is 0 Å². The van der Waals surface area contributed by atoms with Crippen molar-refractivity contribution in [3.05, 3.63) is 100 Å². The minimum atomic E-state index is -0.0499. The second kappa shape index (κ2) is 6.78. The van der Waals surface area contributed by atoms with E-state index in [1.54, 1.807) is 0 Å². The molecule has 0 aliphatic heterocycles. The summed E-state index contributed by atoms with van der Waals surface area (Å²) >= 11 is 0. The normalized spacial score (nSPS) is 16.6. The van der Waals surface area contributed by atoms with Crippen molar-refractivity contribution in [2.75, 3.05) is 0 Å². The van der Waals surface area contributed by atoms with E-state index in [2.05, 4.69) is 92.6 Å². The van der Waals surface area contributed by atoms with Crippen LogP contribution in [0.15, 0.2) is 72.3 Å². The SMILES string of the molecule is C#CCCC1C(C(C)(C)c2cccc3c2Cc2ccccc2-3)=Cc2ccccc21. The Kier molecular flexibility index (Phi) is 4.21. The zero-order valence-corrected chi connectivity index (χ0v) is 17.2. The topological polar surface area (TPSA) is 0 Å². The third-order valence-corrected chi connectivity index (χ3v) is 6.88. The fourth-order valence-electron chi connectivity index (χ4n) is 5.45. The second-order valence-electron chi connectivity index (χ2n) is 8.81. The van der Waals surface area contributed by atoms with Crippen molar-refractivity contribution < 1.29 is 0 Å². The van der Waals surface area contributed by atoms with E-state index >= 15 is 0 Å². The Bertz CT molecular complexity index is 1170. The van der Waals surface area contributed by atoms with Crippen molar-refractivity contribution in [1.82, 2.24) is 0 Å². The molecule has 142 valence electrons. The molecular weight excluding hydrogens is 348 g/mol. The molecule has 0 heterocycles. The molecule has 3 aromatic rings. The van der Waals surface area contributed by atoms with E-state index < -0.39 is 0 Å². The van der Waals surface area contributed by atoms with Crippen LogP contribution in [0.2, 0.25) is 0 Å². The minimum absolute atomic E-state index is 0.0499. The maximum absolute atomic E-state index is 5.65. The molecule has 0 radical (unpaired) electrons. The van der Waals surface area contributed by atoms with E-state index in [0.717, 1.165) is 19.3 Å². The van der Waals surface area contributed by atoms with Crippen LogP contribution in [0.25, 0.3) is 17.2 Å². The van der Waals surface area contributed by atoms with E-state index in [-0.39, 0.29) is 5.41 Å². The summed E-state index contributed by atoms with van der Waals surface area (Å²) in [6.07, 6.45) is 10.9. The first-order chi connectivity index (χ1) is 14.1. The van der Waals surface area contributed by atoms with Gasteiger partial charge in [0.1, 0.15) is 0 Å². The molecule has 0 aromatic heterocycles. The van der Waals surface area contributed by atoms with Crippen LogP contribution < -0.4 is 0 Å². The predicted molar refractivity (Wildman–Crippen MR) is 123 cm³/mol. The van der Waals surface area contributed by atoms with Crippen LogP contribution in [-0.4, -0.2) is 0 Å². The summed E-state index contributed by atoms with van der Waals surface area (Å²) in [4.78, 5) is 0. The lowest BCUT2D eigenvalue weighted by Gasteiger charge is -2.34. The van der Waals surface area contributed by atoms with Gasteiger partial charge in [0, 0.05) is 17.8 Å². The van der Waals surface area contributed by atoms with Crippen LogP contribution in [0.4, 0.5) is 0 Å². The standard InChI is InChI=1S/C29H26/c1-4-5-13-25-23-15-9-7-12-21(23)19-28(25)29(2,3)27-17-10-16-24-22-14-8-6-11-20(22)18-26(24)27/h1,6-12,14-17,19,25H,5,13,18H2,2-3H3. The highest BCUT2D eigenvalue weighted by Crippen LogP contribution is 2.51. The minimum Gasteiger partial charge on any atom is -0.120 e. The zero-order chi connectivity index (χ0) is 20.0. The molecule has 0 N–H and O–H groups in total. The summed E-state index contributed by atoms with van der Waals surface area (Å²) in [5.74, 6) is 3.26. The van der Waals surface area contributed by atoms with Gasteiger partial charge in [-0.15, -0.1) is 12.3 Å². The van der Waals surface area contributed by atoms with Crippen molar-refractivity contribution in [1.29, 1.82) is 0 Å². The fraction of sp³-hybridized carbons (Fsp3) is 0.241. The molecule has 1 atom stereocenters. The maximum atomic E-state index is 5.65. The Morgan fingerprint density at radius 1 is 0.931 bits per heavy atom. The fourth-order valence-corrected chi connectivity index (χ4v) is 5.45. The van der Waals surface area contributed by atoms with Crippen LogP contribution in [0.1, 0.15) is 60.4 Å². The molecule has 0 saturated heterocycles. The third kappa shape index (κ3) is 2.77. The lowest BCUT2D eigenvalue weighted by Crippen LogP contribution is -2.24. The van der Waals surface area contributed by atoms with E-state index in [9.17, 15) is 0 Å². The summed E-state index contributed by atoms with van der Waals surface area (Å²) in [5.41, 5.74) is 11.4. The van der Waals surface area contributed by atoms with Crippen LogP contribution in [0.5, 0.6) is 0 Å². The molecule has 0 saturated carbocycles. The van der Waals surface area contributed by atoms with E-state index in [4.69, 9.17) is 6.42 Å². The highest BCUT2D eigenvalue weighted by Gasteiger charge is 2.38. The van der Waals surface area contributed by atoms with Gasteiger partial charge >= 0.3 is 0 Å². The Balaban J connectivity index is 1.62. The van der Waals surface area contributed by atoms with Crippen molar-refractivity contribution in [3.8, 4) is 23.5 Å². The van der Waals surface area contributed by atoms with Crippen molar-refractivity contribution in [3.63, 3.8) is 0 Å². The largest absolute Gasteiger partial charge is 0.120 e. The molecule has 3 aromatic carbocycles. The number of hydrogen-bond acceptors (Lipinski definition) is 0. The number of terminal acetylenes is 1. The molecule has 0 heteroatoms. The van der Waals surface area contributed by atoms with E-state index in [0.29, 0.717) is 5.92 Å². The molecular formula is C29H26. The lowest BCUT2D eigenvalue weighted by atomic mass is 9.70. The number of hydrogen-bond donors (Lipinski definition) is 0. The smallest absolute Gasteiger partial charge is 0.0118 e. The van der Waals surface area contributed by atoms with E-state index in [1.807, 2.05) is 0 Å². The van der Waals surface area contributed by atoms with Gasteiger partial charge in [-0.3, -0.25) is 0 Å². The average Bonchev–Trinajstić information content (AvgIpc) is 3.31. The Hall–Kier alpha value is -3.04. The summed E-state index contributed by atoms with van der Waals surface area (Å²) in [5, 5.41) is 0. The van der Waals surface area contributed by atoms with Crippen LogP contribution in [-0.2, 0) is 11.8 Å². The molecule has 0 bridgehead atoms. The van der Waals surface area contributed by atoms with Gasteiger partial charge in [0.25, 0.3) is 0 Å². The van der Waals surface area contributed by atoms with Gasteiger partial charge in [-0.1, -0.05) is 92.2 Å². The van der Waals surface area contributed by atoms with Gasteiger partial charge < -0.3 is 0 Å². The number of fused-ring (bicyclic) bond motifs is 4. The summed E-state index contributed by atoms with van der Waals surface area (Å²) in [6.45, 7) is 4.79. The van der Waals surface area contributed by atoms with Gasteiger partial charge in [-0.05, 0) is 51.8 Å². The molecule has 0 nitrogen and oxygen atoms in total. The van der Waals surface area contributed by atoms with Crippen molar-refractivity contribution >= 4 is 6.08 Å². The highest BCUT2D eigenvalue weighted by molar-refractivity contribution is 5.79. The first kappa shape index (κ1) is 18.0. The Morgan fingerprint density at radius 3 is 2.55 bits per heavy atom. The third-order valence-electron chi connectivity index (χ3n) is 6.88. The molecule has 0 spiro atoms. The molecule has 5 rings (SSSR count). The zero-order valence-electron chi connectivity index (χ0n) is 17.2. The maximum Gasteiger partial charge on any atom is 0.0118 e. The summed E-state index contributed by atoms with van der Waals surface area (Å²) in [6, 6.07) is 24.5. The van der Waals surface area contributed by atoms with Crippen molar-refractivity contribution in [2.24, 2.45) is 0 Å². The van der Waals surface area contributed by atoms with Crippen LogP contribution in [0, 0.1) is 12.3 Å². The van der Waals surface area contributed by atoms with Crippen LogP contribution in [0.3, 0.4) is 0 Å². The summed E-state index contributed by atoms with van der Waals surface area (Å²) in [7, 11) is 0. The number of rotatable bonds is 4. The van der Waals surface area contributed by atoms with E-state index in [1.165, 1.54) is 44.5 Å². The molecule has 0 amide bonds. The first-order valence-electron chi connectivity index (χ1n) is 10.6. The monoisotopic (exact) mass is 374 g/mol. The average molecular weight is 375 g/mol. The first-order valence-corrected chi connectivity index (χ1v) is 10.6. The van der Waals surface area contributed by atoms with Gasteiger partial charge in [0.05, 0.1) is 0 Å². The predicted octanol–water partition coefficient (Wildman–Crippen LogP) is 7.13. The lowest BCUT2D eigenvalue weighted by molar-refractivity contribution is 0.552. The molecule has 1 unspecified atom stereocenters. The number of allylic oxidation sites excluding steroid dienone is 1. The van der Waals surface area contributed by atoms with Gasteiger partial charge in [-0.2, -0.15) is 0 Å². The number of benzene rings is 3. The quantitative estimate of drug-likeness (QED) is 0.333. The molecule has 0 fully saturated rings. The van der Waals surface area contributed by atoms with Gasteiger partial charge in [0.15, 0.2) is 0 Å². The Labute approximate surface area is 174 Å². The van der Waals surface area contributed by atoms with Gasteiger partial charge in [0.2, 0.25) is 0 Å². The highest BCUT2D eigenvalue weighted by atomic mass is 14.4. The Morgan fingerprint density at radius 2 is 1.69 bits per heavy atom. The molecule has 2 aliphatic carbocycles. The molecule has 2 aliphatic rings. The molecule has 29 heavy (non-hydrogen) atoms.